The third-order valence-corrected chi connectivity index (χ3v) is 4.65. The van der Waals surface area contributed by atoms with Gasteiger partial charge in [-0.15, -0.1) is 0 Å². The van der Waals surface area contributed by atoms with Crippen molar-refractivity contribution in [2.24, 2.45) is 0 Å². The number of hydrogen-bond donors (Lipinski definition) is 1. The predicted octanol–water partition coefficient (Wildman–Crippen LogP) is 2.58. The van der Waals surface area contributed by atoms with Gasteiger partial charge in [0, 0.05) is 18.8 Å². The number of fused-ring (bicyclic) bond motifs is 1. The Kier molecular flexibility index (Phi) is 5.01. The van der Waals surface area contributed by atoms with Crippen molar-refractivity contribution in [3.63, 3.8) is 0 Å². The van der Waals surface area contributed by atoms with Crippen LogP contribution in [0.25, 0.3) is 17.2 Å². The number of rotatable bonds is 4. The highest BCUT2D eigenvalue weighted by molar-refractivity contribution is 5.88. The Balaban J connectivity index is 1.85. The normalized spacial score (nSPS) is 11.1. The van der Waals surface area contributed by atoms with E-state index in [-0.39, 0.29) is 46.0 Å². The molecule has 4 aromatic rings. The van der Waals surface area contributed by atoms with Crippen molar-refractivity contribution in [1.29, 1.82) is 0 Å². The summed E-state index contributed by atoms with van der Waals surface area (Å²) in [5.41, 5.74) is -0.705. The average molecular weight is 429 g/mol. The Morgan fingerprint density at radius 3 is 2.65 bits per heavy atom. The van der Waals surface area contributed by atoms with Gasteiger partial charge in [-0.05, 0) is 30.2 Å². The lowest BCUT2D eigenvalue weighted by Gasteiger charge is -2.09. The van der Waals surface area contributed by atoms with Crippen LogP contribution in [-0.4, -0.2) is 37.4 Å². The van der Waals surface area contributed by atoms with Crippen molar-refractivity contribution in [3.05, 3.63) is 81.0 Å². The van der Waals surface area contributed by atoms with Gasteiger partial charge in [0.25, 0.3) is 5.56 Å². The van der Waals surface area contributed by atoms with E-state index < -0.39 is 29.1 Å². The van der Waals surface area contributed by atoms with E-state index in [1.807, 2.05) is 0 Å². The molecule has 3 heterocycles. The zero-order valence-electron chi connectivity index (χ0n) is 16.2. The smallest absolute Gasteiger partial charge is 0.345 e. The number of imidazole rings is 1. The zero-order chi connectivity index (χ0) is 22.3. The predicted molar refractivity (Wildman–Crippen MR) is 102 cm³/mol. The number of benzene rings is 1. The summed E-state index contributed by atoms with van der Waals surface area (Å²) < 4.78 is 48.1. The molecule has 11 heteroatoms. The summed E-state index contributed by atoms with van der Waals surface area (Å²) in [7, 11) is 1.12. The maximum atomic E-state index is 14.4. The average Bonchev–Trinajstić information content (AvgIpc) is 3.12. The number of carbonyl (C=O) groups is 1. The summed E-state index contributed by atoms with van der Waals surface area (Å²) >= 11 is 0. The molecule has 0 unspecified atom stereocenters. The Bertz CT molecular complexity index is 1400. The first-order chi connectivity index (χ1) is 14.8. The molecule has 0 amide bonds. The maximum absolute atomic E-state index is 14.4. The third kappa shape index (κ3) is 3.65. The molecule has 0 aliphatic rings. The number of hydrogen-bond acceptors (Lipinski definition) is 6. The topological polar surface area (TPSA) is 102 Å². The molecule has 0 aliphatic carbocycles. The van der Waals surface area contributed by atoms with Crippen LogP contribution in [0.4, 0.5) is 13.2 Å². The molecule has 0 aliphatic heterocycles. The SMILES string of the molecule is COC(=O)c1cnc(-c2cn3c(F)cnc3c(Cc3cc(F)c(C)cc3F)n2)[nH]c1=O. The van der Waals surface area contributed by atoms with Gasteiger partial charge in [-0.3, -0.25) is 9.20 Å². The van der Waals surface area contributed by atoms with Crippen molar-refractivity contribution in [1.82, 2.24) is 24.3 Å². The lowest BCUT2D eigenvalue weighted by atomic mass is 10.1. The number of methoxy groups -OCH3 is 1. The van der Waals surface area contributed by atoms with E-state index >= 15 is 0 Å². The van der Waals surface area contributed by atoms with Crippen molar-refractivity contribution in [3.8, 4) is 11.5 Å². The maximum Gasteiger partial charge on any atom is 0.345 e. The number of halogens is 3. The fraction of sp³-hybridized carbons (Fsp3) is 0.150. The molecule has 8 nitrogen and oxygen atoms in total. The van der Waals surface area contributed by atoms with Gasteiger partial charge in [-0.1, -0.05) is 0 Å². The van der Waals surface area contributed by atoms with Crippen molar-refractivity contribution < 1.29 is 22.7 Å². The number of aryl methyl sites for hydroxylation is 1. The molecular formula is C20H14F3N5O3. The number of H-pyrrole nitrogens is 1. The second kappa shape index (κ2) is 7.67. The lowest BCUT2D eigenvalue weighted by molar-refractivity contribution is 0.0598. The fourth-order valence-corrected chi connectivity index (χ4v) is 3.04. The summed E-state index contributed by atoms with van der Waals surface area (Å²) in [6.07, 6.45) is 3.00. The standard InChI is InChI=1S/C20H14F3N5O3/c1-9-3-13(22)10(4-12(9)21)5-14-18-25-7-16(23)28(18)8-15(26-14)17-24-6-11(19(29)27-17)20(30)31-2/h3-4,6-8H,5H2,1-2H3,(H,24,27,29). The molecule has 3 aromatic heterocycles. The van der Waals surface area contributed by atoms with Gasteiger partial charge in [-0.2, -0.15) is 4.39 Å². The van der Waals surface area contributed by atoms with Crippen LogP contribution in [0.2, 0.25) is 0 Å². The lowest BCUT2D eigenvalue weighted by Crippen LogP contribution is -2.20. The molecule has 1 aromatic carbocycles. The number of nitrogens with one attached hydrogen (secondary N) is 1. The van der Waals surface area contributed by atoms with E-state index in [4.69, 9.17) is 0 Å². The van der Waals surface area contributed by atoms with Gasteiger partial charge < -0.3 is 9.72 Å². The van der Waals surface area contributed by atoms with E-state index in [2.05, 4.69) is 24.7 Å². The van der Waals surface area contributed by atoms with Gasteiger partial charge in [0.05, 0.1) is 19.0 Å². The van der Waals surface area contributed by atoms with Crippen molar-refractivity contribution in [2.45, 2.75) is 13.3 Å². The van der Waals surface area contributed by atoms with Crippen LogP contribution in [0.5, 0.6) is 0 Å². The molecule has 0 radical (unpaired) electrons. The van der Waals surface area contributed by atoms with E-state index in [0.717, 1.165) is 36.0 Å². The fourth-order valence-electron chi connectivity index (χ4n) is 3.04. The summed E-state index contributed by atoms with van der Waals surface area (Å²) in [4.78, 5) is 38.4. The van der Waals surface area contributed by atoms with Crippen LogP contribution in [0.15, 0.2) is 35.5 Å². The summed E-state index contributed by atoms with van der Waals surface area (Å²) in [6.45, 7) is 1.43. The van der Waals surface area contributed by atoms with E-state index in [9.17, 15) is 22.8 Å². The second-order valence-corrected chi connectivity index (χ2v) is 6.68. The molecule has 0 spiro atoms. The monoisotopic (exact) mass is 429 g/mol. The summed E-state index contributed by atoms with van der Waals surface area (Å²) in [5.74, 6) is -2.91. The Labute approximate surface area is 172 Å². The Morgan fingerprint density at radius 2 is 1.94 bits per heavy atom. The van der Waals surface area contributed by atoms with Crippen LogP contribution in [-0.2, 0) is 11.2 Å². The van der Waals surface area contributed by atoms with Crippen LogP contribution in [0.3, 0.4) is 0 Å². The zero-order valence-corrected chi connectivity index (χ0v) is 16.2. The van der Waals surface area contributed by atoms with Gasteiger partial charge in [0.1, 0.15) is 22.9 Å². The second-order valence-electron chi connectivity index (χ2n) is 6.68. The summed E-state index contributed by atoms with van der Waals surface area (Å²) in [6, 6.07) is 2.10. The van der Waals surface area contributed by atoms with Crippen molar-refractivity contribution >= 4 is 11.6 Å². The van der Waals surface area contributed by atoms with Gasteiger partial charge in [0.15, 0.2) is 11.5 Å². The van der Waals surface area contributed by atoms with Crippen LogP contribution >= 0.6 is 0 Å². The number of ether oxygens (including phenoxy) is 1. The largest absolute Gasteiger partial charge is 0.465 e. The molecule has 4 rings (SSSR count). The first-order valence-electron chi connectivity index (χ1n) is 8.93. The first-order valence-corrected chi connectivity index (χ1v) is 8.93. The highest BCUT2D eigenvalue weighted by Gasteiger charge is 2.18. The molecule has 0 saturated heterocycles. The first kappa shape index (κ1) is 20.3. The highest BCUT2D eigenvalue weighted by atomic mass is 19.1. The van der Waals surface area contributed by atoms with E-state index in [1.54, 1.807) is 0 Å². The minimum absolute atomic E-state index is 0.000509. The number of aromatic amines is 1. The highest BCUT2D eigenvalue weighted by Crippen LogP contribution is 2.22. The van der Waals surface area contributed by atoms with Crippen molar-refractivity contribution in [2.75, 3.05) is 7.11 Å². The summed E-state index contributed by atoms with van der Waals surface area (Å²) in [5, 5.41) is 0. The quantitative estimate of drug-likeness (QED) is 0.501. The molecule has 158 valence electrons. The van der Waals surface area contributed by atoms with Crippen LogP contribution < -0.4 is 5.56 Å². The minimum atomic E-state index is -0.873. The molecule has 31 heavy (non-hydrogen) atoms. The minimum Gasteiger partial charge on any atom is -0.465 e. The van der Waals surface area contributed by atoms with E-state index in [1.165, 1.54) is 13.1 Å². The number of aromatic nitrogens is 5. The number of carbonyl (C=O) groups excluding carboxylic acids is 1. The molecular weight excluding hydrogens is 415 g/mol. The molecule has 0 fully saturated rings. The molecule has 1 N–H and O–H groups in total. The van der Waals surface area contributed by atoms with Gasteiger partial charge in [-0.25, -0.2) is 28.5 Å². The Morgan fingerprint density at radius 1 is 1.16 bits per heavy atom. The van der Waals surface area contributed by atoms with Crippen LogP contribution in [0, 0.1) is 24.5 Å². The third-order valence-electron chi connectivity index (χ3n) is 4.65. The number of esters is 1. The Hall–Kier alpha value is -4.02. The molecule has 0 saturated carbocycles. The van der Waals surface area contributed by atoms with E-state index in [0.29, 0.717) is 0 Å². The molecule has 0 bridgehead atoms. The molecule has 0 atom stereocenters. The van der Waals surface area contributed by atoms with Crippen LogP contribution in [0.1, 0.15) is 27.2 Å². The van der Waals surface area contributed by atoms with Gasteiger partial charge in [0.2, 0.25) is 5.95 Å². The van der Waals surface area contributed by atoms with Gasteiger partial charge >= 0.3 is 5.97 Å². The number of nitrogens with zero attached hydrogens (tertiary/aromatic N) is 4.